The van der Waals surface area contributed by atoms with E-state index in [-0.39, 0.29) is 28.7 Å². The molecule has 0 saturated heterocycles. The van der Waals surface area contributed by atoms with Gasteiger partial charge in [0.1, 0.15) is 5.82 Å². The normalized spacial score (nSPS) is 10.6. The van der Waals surface area contributed by atoms with Crippen molar-refractivity contribution in [1.82, 2.24) is 4.98 Å². The summed E-state index contributed by atoms with van der Waals surface area (Å²) in [6, 6.07) is 1.08. The minimum Gasteiger partial charge on any atom is -0.494 e. The number of rotatable bonds is 3. The molecule has 0 spiro atoms. The third kappa shape index (κ3) is 2.04. The number of nitrogen functional groups attached to an aromatic ring is 1. The average Bonchev–Trinajstić information content (AvgIpc) is 2.16. The summed E-state index contributed by atoms with van der Waals surface area (Å²) in [5.41, 5.74) is 5.28. The summed E-state index contributed by atoms with van der Waals surface area (Å²) in [5.74, 6) is -0.00514. The molecule has 1 heterocycles. The smallest absolute Gasteiger partial charge is 0.267 e. The first kappa shape index (κ1) is 11.0. The Hall–Kier alpha value is -1.10. The van der Waals surface area contributed by atoms with Gasteiger partial charge in [0.05, 0.1) is 24.2 Å². The van der Waals surface area contributed by atoms with Gasteiger partial charge >= 0.3 is 0 Å². The van der Waals surface area contributed by atoms with Crippen LogP contribution >= 0.6 is 11.6 Å². The molecule has 2 N–H and O–H groups in total. The van der Waals surface area contributed by atoms with Crippen LogP contribution in [0.3, 0.4) is 0 Å². The fourth-order valence-corrected chi connectivity index (χ4v) is 1.30. The first-order valence-corrected chi connectivity index (χ1v) is 4.31. The van der Waals surface area contributed by atoms with Crippen molar-refractivity contribution >= 4 is 17.4 Å². The SMILES string of the molecule is COc1c(C(F)F)cc(N)nc1CCl. The number of hydrogen-bond donors (Lipinski definition) is 1. The van der Waals surface area contributed by atoms with Crippen LogP contribution in [-0.2, 0) is 5.88 Å². The lowest BCUT2D eigenvalue weighted by atomic mass is 10.2. The molecule has 0 saturated carbocycles. The van der Waals surface area contributed by atoms with Gasteiger partial charge in [0, 0.05) is 0 Å². The standard InChI is InChI=1S/C8H9ClF2N2O/c1-14-7-4(8(10)11)2-6(12)13-5(7)3-9/h2,8H,3H2,1H3,(H2,12,13). The molecular formula is C8H9ClF2N2O. The van der Waals surface area contributed by atoms with Crippen LogP contribution < -0.4 is 10.5 Å². The lowest BCUT2D eigenvalue weighted by molar-refractivity contribution is 0.146. The number of nitrogens with two attached hydrogens (primary N) is 1. The van der Waals surface area contributed by atoms with Gasteiger partial charge in [-0.05, 0) is 6.07 Å². The Morgan fingerprint density at radius 1 is 1.64 bits per heavy atom. The third-order valence-corrected chi connectivity index (χ3v) is 1.91. The van der Waals surface area contributed by atoms with Crippen LogP contribution in [0.5, 0.6) is 5.75 Å². The van der Waals surface area contributed by atoms with E-state index in [1.807, 2.05) is 0 Å². The Balaban J connectivity index is 3.31. The number of pyridine rings is 1. The van der Waals surface area contributed by atoms with Gasteiger partial charge in [-0.25, -0.2) is 13.8 Å². The van der Waals surface area contributed by atoms with E-state index in [0.29, 0.717) is 0 Å². The summed E-state index contributed by atoms with van der Waals surface area (Å²) in [6.45, 7) is 0. The van der Waals surface area contributed by atoms with Crippen molar-refractivity contribution in [1.29, 1.82) is 0 Å². The lowest BCUT2D eigenvalue weighted by Crippen LogP contribution is -2.03. The van der Waals surface area contributed by atoms with E-state index in [0.717, 1.165) is 6.07 Å². The minimum atomic E-state index is -2.66. The number of methoxy groups -OCH3 is 1. The molecule has 0 aliphatic carbocycles. The Labute approximate surface area is 84.8 Å². The minimum absolute atomic E-state index is 0.00389. The van der Waals surface area contributed by atoms with Crippen LogP contribution in [0.25, 0.3) is 0 Å². The van der Waals surface area contributed by atoms with Gasteiger partial charge in [-0.2, -0.15) is 0 Å². The highest BCUT2D eigenvalue weighted by atomic mass is 35.5. The first-order valence-electron chi connectivity index (χ1n) is 3.77. The van der Waals surface area contributed by atoms with E-state index in [9.17, 15) is 8.78 Å². The summed E-state index contributed by atoms with van der Waals surface area (Å²) in [6.07, 6.45) is -2.66. The molecule has 6 heteroatoms. The number of ether oxygens (including phenoxy) is 1. The molecule has 0 aromatic carbocycles. The maximum atomic E-state index is 12.5. The second-order valence-corrected chi connectivity index (χ2v) is 2.82. The molecule has 0 atom stereocenters. The van der Waals surface area contributed by atoms with Crippen molar-refractivity contribution < 1.29 is 13.5 Å². The zero-order chi connectivity index (χ0) is 10.7. The zero-order valence-corrected chi connectivity index (χ0v) is 8.18. The zero-order valence-electron chi connectivity index (χ0n) is 7.43. The number of alkyl halides is 3. The fraction of sp³-hybridized carbons (Fsp3) is 0.375. The van der Waals surface area contributed by atoms with Gasteiger partial charge in [-0.15, -0.1) is 11.6 Å². The van der Waals surface area contributed by atoms with Crippen LogP contribution in [0, 0.1) is 0 Å². The first-order chi connectivity index (χ1) is 6.60. The molecule has 0 aliphatic heterocycles. The highest BCUT2D eigenvalue weighted by Crippen LogP contribution is 2.33. The molecular weight excluding hydrogens is 214 g/mol. The summed E-state index contributed by atoms with van der Waals surface area (Å²) >= 11 is 5.52. The molecule has 0 amide bonds. The monoisotopic (exact) mass is 222 g/mol. The van der Waals surface area contributed by atoms with Gasteiger partial charge in [-0.1, -0.05) is 0 Å². The summed E-state index contributed by atoms with van der Waals surface area (Å²) < 4.78 is 29.8. The summed E-state index contributed by atoms with van der Waals surface area (Å²) in [4.78, 5) is 3.79. The maximum absolute atomic E-state index is 12.5. The van der Waals surface area contributed by atoms with Crippen LogP contribution in [0.15, 0.2) is 6.07 Å². The molecule has 0 bridgehead atoms. The van der Waals surface area contributed by atoms with Gasteiger partial charge < -0.3 is 10.5 Å². The van der Waals surface area contributed by atoms with Crippen molar-refractivity contribution in [3.8, 4) is 5.75 Å². The van der Waals surface area contributed by atoms with Crippen LogP contribution in [-0.4, -0.2) is 12.1 Å². The third-order valence-electron chi connectivity index (χ3n) is 1.66. The molecule has 0 fully saturated rings. The molecule has 0 aliphatic rings. The van der Waals surface area contributed by atoms with Crippen molar-refractivity contribution in [2.75, 3.05) is 12.8 Å². The Kier molecular flexibility index (Phi) is 3.46. The predicted octanol–water partition coefficient (Wildman–Crippen LogP) is 2.35. The van der Waals surface area contributed by atoms with E-state index in [1.54, 1.807) is 0 Å². The van der Waals surface area contributed by atoms with Crippen LogP contribution in [0.4, 0.5) is 14.6 Å². The topological polar surface area (TPSA) is 48.1 Å². The van der Waals surface area contributed by atoms with Crippen molar-refractivity contribution in [3.05, 3.63) is 17.3 Å². The number of aromatic nitrogens is 1. The molecule has 1 aromatic rings. The number of nitrogens with zero attached hydrogens (tertiary/aromatic N) is 1. The second kappa shape index (κ2) is 4.41. The van der Waals surface area contributed by atoms with E-state index in [4.69, 9.17) is 22.1 Å². The molecule has 0 radical (unpaired) electrons. The highest BCUT2D eigenvalue weighted by Gasteiger charge is 2.18. The number of hydrogen-bond acceptors (Lipinski definition) is 3. The van der Waals surface area contributed by atoms with E-state index in [2.05, 4.69) is 4.98 Å². The van der Waals surface area contributed by atoms with E-state index < -0.39 is 6.43 Å². The number of anilines is 1. The molecule has 78 valence electrons. The summed E-state index contributed by atoms with van der Waals surface area (Å²) in [5, 5.41) is 0. The van der Waals surface area contributed by atoms with Gasteiger partial charge in [-0.3, -0.25) is 0 Å². The summed E-state index contributed by atoms with van der Waals surface area (Å²) in [7, 11) is 1.29. The van der Waals surface area contributed by atoms with Gasteiger partial charge in [0.15, 0.2) is 5.75 Å². The molecule has 3 nitrogen and oxygen atoms in total. The lowest BCUT2D eigenvalue weighted by Gasteiger charge is -2.11. The average molecular weight is 223 g/mol. The van der Waals surface area contributed by atoms with Crippen molar-refractivity contribution in [2.24, 2.45) is 0 Å². The Morgan fingerprint density at radius 3 is 2.71 bits per heavy atom. The van der Waals surface area contributed by atoms with Crippen LogP contribution in [0.2, 0.25) is 0 Å². The second-order valence-electron chi connectivity index (χ2n) is 2.55. The molecule has 14 heavy (non-hydrogen) atoms. The van der Waals surface area contributed by atoms with E-state index >= 15 is 0 Å². The van der Waals surface area contributed by atoms with Gasteiger partial charge in [0.2, 0.25) is 0 Å². The molecule has 0 unspecified atom stereocenters. The molecule has 1 rings (SSSR count). The largest absolute Gasteiger partial charge is 0.494 e. The number of halogens is 3. The van der Waals surface area contributed by atoms with Crippen LogP contribution in [0.1, 0.15) is 17.7 Å². The Morgan fingerprint density at radius 2 is 2.29 bits per heavy atom. The Bertz CT molecular complexity index is 333. The van der Waals surface area contributed by atoms with E-state index in [1.165, 1.54) is 7.11 Å². The fourth-order valence-electron chi connectivity index (χ4n) is 1.12. The van der Waals surface area contributed by atoms with Gasteiger partial charge in [0.25, 0.3) is 6.43 Å². The van der Waals surface area contributed by atoms with Crippen molar-refractivity contribution in [3.63, 3.8) is 0 Å². The maximum Gasteiger partial charge on any atom is 0.267 e. The quantitative estimate of drug-likeness (QED) is 0.799. The predicted molar refractivity (Wildman–Crippen MR) is 49.7 cm³/mol. The highest BCUT2D eigenvalue weighted by molar-refractivity contribution is 6.17. The van der Waals surface area contributed by atoms with Crippen molar-refractivity contribution in [2.45, 2.75) is 12.3 Å². The molecule has 1 aromatic heterocycles.